The maximum Gasteiger partial charge on any atom is 0.0802 e. The minimum absolute atomic E-state index is 0.197. The van der Waals surface area contributed by atoms with Gasteiger partial charge in [-0.2, -0.15) is 0 Å². The fourth-order valence-electron chi connectivity index (χ4n) is 2.09. The predicted octanol–water partition coefficient (Wildman–Crippen LogP) is 1.70. The zero-order chi connectivity index (χ0) is 8.44. The van der Waals surface area contributed by atoms with E-state index >= 15 is 0 Å². The molecule has 2 aliphatic carbocycles. The first kappa shape index (κ1) is 8.52. The molecule has 1 N–H and O–H groups in total. The Morgan fingerprint density at radius 3 is 2.50 bits per heavy atom. The van der Waals surface area contributed by atoms with Gasteiger partial charge in [0.2, 0.25) is 0 Å². The summed E-state index contributed by atoms with van der Waals surface area (Å²) in [5.74, 6) is 0. The quantitative estimate of drug-likeness (QED) is 0.691. The van der Waals surface area contributed by atoms with Crippen molar-refractivity contribution in [3.05, 3.63) is 0 Å². The summed E-state index contributed by atoms with van der Waals surface area (Å²) in [4.78, 5) is 0. The van der Waals surface area contributed by atoms with Gasteiger partial charge in [0.05, 0.1) is 5.60 Å². The van der Waals surface area contributed by atoms with E-state index in [0.717, 1.165) is 12.6 Å². The summed E-state index contributed by atoms with van der Waals surface area (Å²) >= 11 is 0. The SMILES string of the molecule is COC1(CNC2CC2)CCCC1. The standard InChI is InChI=1S/C10H19NO/c1-12-10(6-2-3-7-10)8-11-9-4-5-9/h9,11H,2-8H2,1H3. The largest absolute Gasteiger partial charge is 0.377 e. The number of rotatable bonds is 4. The summed E-state index contributed by atoms with van der Waals surface area (Å²) in [5.41, 5.74) is 0.197. The third-order valence-electron chi connectivity index (χ3n) is 3.24. The highest BCUT2D eigenvalue weighted by Crippen LogP contribution is 2.32. The average Bonchev–Trinajstić information content (AvgIpc) is 2.82. The van der Waals surface area contributed by atoms with Crippen LogP contribution >= 0.6 is 0 Å². The molecule has 0 bridgehead atoms. The molecular weight excluding hydrogens is 150 g/mol. The molecule has 12 heavy (non-hydrogen) atoms. The number of hydrogen-bond donors (Lipinski definition) is 1. The van der Waals surface area contributed by atoms with Crippen LogP contribution < -0.4 is 5.32 Å². The monoisotopic (exact) mass is 169 g/mol. The van der Waals surface area contributed by atoms with Gasteiger partial charge in [0.1, 0.15) is 0 Å². The summed E-state index contributed by atoms with van der Waals surface area (Å²) < 4.78 is 5.61. The predicted molar refractivity (Wildman–Crippen MR) is 49.2 cm³/mol. The Hall–Kier alpha value is -0.0800. The van der Waals surface area contributed by atoms with E-state index in [2.05, 4.69) is 5.32 Å². The summed E-state index contributed by atoms with van der Waals surface area (Å²) in [5, 5.41) is 3.57. The first-order chi connectivity index (χ1) is 5.85. The molecule has 0 spiro atoms. The average molecular weight is 169 g/mol. The summed E-state index contributed by atoms with van der Waals surface area (Å²) in [6.45, 7) is 1.08. The van der Waals surface area contributed by atoms with Gasteiger partial charge in [-0.25, -0.2) is 0 Å². The van der Waals surface area contributed by atoms with Gasteiger partial charge in [-0.1, -0.05) is 12.8 Å². The van der Waals surface area contributed by atoms with Crippen molar-refractivity contribution in [1.82, 2.24) is 5.32 Å². The smallest absolute Gasteiger partial charge is 0.0802 e. The molecule has 0 aliphatic heterocycles. The van der Waals surface area contributed by atoms with Crippen LogP contribution in [0.5, 0.6) is 0 Å². The minimum atomic E-state index is 0.197. The van der Waals surface area contributed by atoms with Crippen molar-refractivity contribution in [3.63, 3.8) is 0 Å². The first-order valence-electron chi connectivity index (χ1n) is 5.13. The molecule has 0 aromatic rings. The lowest BCUT2D eigenvalue weighted by molar-refractivity contribution is -0.00347. The highest BCUT2D eigenvalue weighted by molar-refractivity contribution is 4.91. The Kier molecular flexibility index (Phi) is 2.37. The zero-order valence-electron chi connectivity index (χ0n) is 7.94. The molecule has 0 aromatic carbocycles. The summed E-state index contributed by atoms with van der Waals surface area (Å²) in [6, 6.07) is 0.817. The van der Waals surface area contributed by atoms with E-state index in [1.165, 1.54) is 38.5 Å². The van der Waals surface area contributed by atoms with E-state index in [4.69, 9.17) is 4.74 Å². The van der Waals surface area contributed by atoms with Crippen LogP contribution in [-0.2, 0) is 4.74 Å². The van der Waals surface area contributed by atoms with Gasteiger partial charge >= 0.3 is 0 Å². The van der Waals surface area contributed by atoms with Gasteiger partial charge in [-0.3, -0.25) is 0 Å². The normalized spacial score (nSPS) is 27.8. The molecule has 0 heterocycles. The molecule has 0 atom stereocenters. The summed E-state index contributed by atoms with van der Waals surface area (Å²) in [7, 11) is 1.86. The molecule has 0 amide bonds. The van der Waals surface area contributed by atoms with Crippen LogP contribution in [0, 0.1) is 0 Å². The first-order valence-corrected chi connectivity index (χ1v) is 5.13. The maximum absolute atomic E-state index is 5.61. The van der Waals surface area contributed by atoms with E-state index in [-0.39, 0.29) is 5.60 Å². The highest BCUT2D eigenvalue weighted by Gasteiger charge is 2.35. The number of ether oxygens (including phenoxy) is 1. The Morgan fingerprint density at radius 1 is 1.33 bits per heavy atom. The topological polar surface area (TPSA) is 21.3 Å². The molecule has 2 saturated carbocycles. The second-order valence-electron chi connectivity index (χ2n) is 4.25. The number of methoxy groups -OCH3 is 1. The lowest BCUT2D eigenvalue weighted by Crippen LogP contribution is -2.40. The Labute approximate surface area is 74.7 Å². The third-order valence-corrected chi connectivity index (χ3v) is 3.24. The zero-order valence-corrected chi connectivity index (χ0v) is 7.94. The Bertz CT molecular complexity index is 148. The molecule has 70 valence electrons. The van der Waals surface area contributed by atoms with E-state index in [1.807, 2.05) is 7.11 Å². The van der Waals surface area contributed by atoms with E-state index in [0.29, 0.717) is 0 Å². The molecule has 2 rings (SSSR count). The van der Waals surface area contributed by atoms with Crippen molar-refractivity contribution in [1.29, 1.82) is 0 Å². The van der Waals surface area contributed by atoms with E-state index in [9.17, 15) is 0 Å². The molecular formula is C10H19NO. The van der Waals surface area contributed by atoms with Gasteiger partial charge < -0.3 is 10.1 Å². The van der Waals surface area contributed by atoms with Crippen molar-refractivity contribution in [2.45, 2.75) is 50.2 Å². The van der Waals surface area contributed by atoms with Crippen molar-refractivity contribution >= 4 is 0 Å². The lowest BCUT2D eigenvalue weighted by atomic mass is 10.0. The molecule has 0 aromatic heterocycles. The minimum Gasteiger partial charge on any atom is -0.377 e. The van der Waals surface area contributed by atoms with Gasteiger partial charge in [0.15, 0.2) is 0 Å². The molecule has 0 saturated heterocycles. The van der Waals surface area contributed by atoms with Crippen LogP contribution in [0.2, 0.25) is 0 Å². The van der Waals surface area contributed by atoms with Gasteiger partial charge in [0.25, 0.3) is 0 Å². The second kappa shape index (κ2) is 3.35. The van der Waals surface area contributed by atoms with Crippen LogP contribution in [0.1, 0.15) is 38.5 Å². The third kappa shape index (κ3) is 1.80. The van der Waals surface area contributed by atoms with Gasteiger partial charge in [-0.15, -0.1) is 0 Å². The molecule has 2 fully saturated rings. The lowest BCUT2D eigenvalue weighted by Gasteiger charge is -2.27. The Morgan fingerprint density at radius 2 is 2.00 bits per heavy atom. The second-order valence-corrected chi connectivity index (χ2v) is 4.25. The maximum atomic E-state index is 5.61. The summed E-state index contributed by atoms with van der Waals surface area (Å²) in [6.07, 6.45) is 7.95. The molecule has 0 radical (unpaired) electrons. The fourth-order valence-corrected chi connectivity index (χ4v) is 2.09. The van der Waals surface area contributed by atoms with Crippen LogP contribution in [0.4, 0.5) is 0 Å². The van der Waals surface area contributed by atoms with Crippen molar-refractivity contribution in [3.8, 4) is 0 Å². The van der Waals surface area contributed by atoms with Gasteiger partial charge in [-0.05, 0) is 25.7 Å². The van der Waals surface area contributed by atoms with Crippen LogP contribution in [0.3, 0.4) is 0 Å². The Balaban J connectivity index is 1.79. The van der Waals surface area contributed by atoms with Crippen LogP contribution in [-0.4, -0.2) is 25.3 Å². The molecule has 2 nitrogen and oxygen atoms in total. The molecule has 2 heteroatoms. The van der Waals surface area contributed by atoms with Gasteiger partial charge in [0, 0.05) is 19.7 Å². The van der Waals surface area contributed by atoms with Crippen LogP contribution in [0.15, 0.2) is 0 Å². The van der Waals surface area contributed by atoms with E-state index in [1.54, 1.807) is 0 Å². The van der Waals surface area contributed by atoms with Crippen molar-refractivity contribution < 1.29 is 4.74 Å². The van der Waals surface area contributed by atoms with Crippen molar-refractivity contribution in [2.24, 2.45) is 0 Å². The number of nitrogens with one attached hydrogen (secondary N) is 1. The highest BCUT2D eigenvalue weighted by atomic mass is 16.5. The van der Waals surface area contributed by atoms with E-state index < -0.39 is 0 Å². The van der Waals surface area contributed by atoms with Crippen LogP contribution in [0.25, 0.3) is 0 Å². The number of hydrogen-bond acceptors (Lipinski definition) is 2. The molecule has 2 aliphatic rings. The molecule has 0 unspecified atom stereocenters. The fraction of sp³-hybridized carbons (Fsp3) is 1.00. The van der Waals surface area contributed by atoms with Crippen molar-refractivity contribution in [2.75, 3.05) is 13.7 Å².